The number of esters is 1. The first kappa shape index (κ1) is 18.9. The zero-order valence-corrected chi connectivity index (χ0v) is 16.0. The molecule has 2 nitrogen and oxygen atoms in total. The van der Waals surface area contributed by atoms with Crippen molar-refractivity contribution in [2.24, 2.45) is 17.3 Å². The topological polar surface area (TPSA) is 26.3 Å². The lowest BCUT2D eigenvalue weighted by Gasteiger charge is -2.09. The molecule has 0 radical (unpaired) electrons. The monoisotopic (exact) mass is 392 g/mol. The fourth-order valence-corrected chi connectivity index (χ4v) is 3.59. The molecule has 0 aliphatic heterocycles. The summed E-state index contributed by atoms with van der Waals surface area (Å²) in [7, 11) is 0. The highest BCUT2D eigenvalue weighted by Crippen LogP contribution is 2.60. The van der Waals surface area contributed by atoms with E-state index in [9.17, 15) is 9.18 Å². The second-order valence-electron chi connectivity index (χ2n) is 7.07. The van der Waals surface area contributed by atoms with Gasteiger partial charge >= 0.3 is 5.97 Å². The maximum atomic E-state index is 14.1. The molecule has 0 unspecified atom stereocenters. The highest BCUT2D eigenvalue weighted by Gasteiger charge is 2.61. The van der Waals surface area contributed by atoms with Gasteiger partial charge in [-0.2, -0.15) is 0 Å². The summed E-state index contributed by atoms with van der Waals surface area (Å²) in [5.74, 6) is -0.912. The zero-order chi connectivity index (χ0) is 18.9. The Morgan fingerprint density at radius 3 is 2.54 bits per heavy atom. The SMILES string of the molecule is CC1(C)[C@@H](C=C(Cl)Cl)[C@@H]1C(=O)OCc1ccc(F)c(-c2ccccc2)c1. The van der Waals surface area contributed by atoms with Crippen LogP contribution in [0.1, 0.15) is 19.4 Å². The first-order valence-corrected chi connectivity index (χ1v) is 9.09. The minimum Gasteiger partial charge on any atom is -0.461 e. The quantitative estimate of drug-likeness (QED) is 0.572. The summed E-state index contributed by atoms with van der Waals surface area (Å²) >= 11 is 11.4. The fraction of sp³-hybridized carbons (Fsp3) is 0.286. The summed E-state index contributed by atoms with van der Waals surface area (Å²) in [5, 5.41) is 0. The predicted octanol–water partition coefficient (Wildman–Crippen LogP) is 6.13. The van der Waals surface area contributed by atoms with Gasteiger partial charge in [-0.1, -0.05) is 73.4 Å². The number of hydrogen-bond acceptors (Lipinski definition) is 2. The molecule has 2 atom stereocenters. The number of allylic oxidation sites excluding steroid dienone is 1. The Morgan fingerprint density at radius 1 is 1.19 bits per heavy atom. The van der Waals surface area contributed by atoms with E-state index in [0.29, 0.717) is 5.56 Å². The number of hydrogen-bond donors (Lipinski definition) is 0. The minimum absolute atomic E-state index is 0.0342. The molecule has 0 heterocycles. The molecule has 26 heavy (non-hydrogen) atoms. The van der Waals surface area contributed by atoms with Crippen molar-refractivity contribution in [3.8, 4) is 11.1 Å². The number of carbonyl (C=O) groups is 1. The first-order valence-electron chi connectivity index (χ1n) is 8.34. The molecular weight excluding hydrogens is 374 g/mol. The number of rotatable bonds is 5. The van der Waals surface area contributed by atoms with Crippen molar-refractivity contribution >= 4 is 29.2 Å². The molecule has 3 rings (SSSR count). The van der Waals surface area contributed by atoms with Crippen LogP contribution in [-0.4, -0.2) is 5.97 Å². The largest absolute Gasteiger partial charge is 0.461 e. The smallest absolute Gasteiger partial charge is 0.310 e. The Labute approximate surface area is 162 Å². The summed E-state index contributed by atoms with van der Waals surface area (Å²) in [6, 6.07) is 14.0. The standard InChI is InChI=1S/C21H19Cl2FO2/c1-21(2)16(11-18(22)23)19(21)20(25)26-12-13-8-9-17(24)15(10-13)14-6-4-3-5-7-14/h3-11,16,19H,12H2,1-2H3/t16-,19+/m0/s1. The molecule has 5 heteroatoms. The van der Waals surface area contributed by atoms with Crippen molar-refractivity contribution in [3.05, 3.63) is 70.5 Å². The average Bonchev–Trinajstić information content (AvgIpc) is 3.14. The van der Waals surface area contributed by atoms with Gasteiger partial charge in [0.15, 0.2) is 0 Å². The van der Waals surface area contributed by atoms with Crippen LogP contribution in [-0.2, 0) is 16.1 Å². The first-order chi connectivity index (χ1) is 12.3. The third kappa shape index (κ3) is 3.94. The molecule has 0 aromatic heterocycles. The summed E-state index contributed by atoms with van der Waals surface area (Å²) in [4.78, 5) is 12.4. The third-order valence-electron chi connectivity index (χ3n) is 4.97. The molecule has 136 valence electrons. The van der Waals surface area contributed by atoms with Crippen molar-refractivity contribution in [1.29, 1.82) is 0 Å². The van der Waals surface area contributed by atoms with Crippen LogP contribution < -0.4 is 0 Å². The van der Waals surface area contributed by atoms with Crippen LogP contribution in [0, 0.1) is 23.1 Å². The van der Waals surface area contributed by atoms with Gasteiger partial charge in [0.2, 0.25) is 0 Å². The van der Waals surface area contributed by atoms with Gasteiger partial charge in [-0.3, -0.25) is 4.79 Å². The van der Waals surface area contributed by atoms with Crippen LogP contribution in [0.5, 0.6) is 0 Å². The van der Waals surface area contributed by atoms with Crippen molar-refractivity contribution in [2.75, 3.05) is 0 Å². The van der Waals surface area contributed by atoms with E-state index in [1.54, 1.807) is 18.2 Å². The van der Waals surface area contributed by atoms with E-state index in [0.717, 1.165) is 11.1 Å². The van der Waals surface area contributed by atoms with E-state index >= 15 is 0 Å². The Morgan fingerprint density at radius 2 is 1.88 bits per heavy atom. The van der Waals surface area contributed by atoms with Crippen LogP contribution in [0.15, 0.2) is 59.1 Å². The van der Waals surface area contributed by atoms with Gasteiger partial charge in [-0.25, -0.2) is 4.39 Å². The Kier molecular flexibility index (Phi) is 5.40. The van der Waals surface area contributed by atoms with E-state index in [4.69, 9.17) is 27.9 Å². The molecule has 1 aliphatic rings. The minimum atomic E-state index is -0.309. The summed E-state index contributed by atoms with van der Waals surface area (Å²) in [5.41, 5.74) is 1.77. The summed E-state index contributed by atoms with van der Waals surface area (Å²) in [6.07, 6.45) is 1.68. The van der Waals surface area contributed by atoms with Crippen molar-refractivity contribution in [3.63, 3.8) is 0 Å². The molecule has 0 amide bonds. The highest BCUT2D eigenvalue weighted by atomic mass is 35.5. The van der Waals surface area contributed by atoms with Crippen LogP contribution in [0.25, 0.3) is 11.1 Å². The Hall–Kier alpha value is -1.84. The van der Waals surface area contributed by atoms with E-state index < -0.39 is 0 Å². The van der Waals surface area contributed by atoms with Gasteiger partial charge in [0.25, 0.3) is 0 Å². The van der Waals surface area contributed by atoms with E-state index in [1.807, 2.05) is 44.2 Å². The maximum Gasteiger partial charge on any atom is 0.310 e. The molecule has 0 spiro atoms. The van der Waals surface area contributed by atoms with Gasteiger partial charge < -0.3 is 4.74 Å². The molecule has 0 N–H and O–H groups in total. The molecule has 2 aromatic rings. The lowest BCUT2D eigenvalue weighted by Crippen LogP contribution is -2.10. The van der Waals surface area contributed by atoms with E-state index in [-0.39, 0.29) is 40.1 Å². The summed E-state index contributed by atoms with van der Waals surface area (Å²) < 4.78 is 19.7. The van der Waals surface area contributed by atoms with Crippen LogP contribution in [0.3, 0.4) is 0 Å². The van der Waals surface area contributed by atoms with Crippen LogP contribution in [0.2, 0.25) is 0 Å². The maximum absolute atomic E-state index is 14.1. The van der Waals surface area contributed by atoms with Gasteiger partial charge in [0.1, 0.15) is 16.9 Å². The Balaban J connectivity index is 1.69. The number of benzene rings is 2. The van der Waals surface area contributed by atoms with Crippen molar-refractivity contribution < 1.29 is 13.9 Å². The second-order valence-corrected chi connectivity index (χ2v) is 8.08. The van der Waals surface area contributed by atoms with Crippen molar-refractivity contribution in [2.45, 2.75) is 20.5 Å². The molecule has 0 saturated heterocycles. The highest BCUT2D eigenvalue weighted by molar-refractivity contribution is 6.55. The van der Waals surface area contributed by atoms with Gasteiger partial charge in [0.05, 0.1) is 5.92 Å². The molecule has 2 aromatic carbocycles. The molecular formula is C21H19Cl2FO2. The predicted molar refractivity (Wildman–Crippen MR) is 102 cm³/mol. The van der Waals surface area contributed by atoms with E-state index in [1.165, 1.54) is 6.07 Å². The Bertz CT molecular complexity index is 842. The summed E-state index contributed by atoms with van der Waals surface area (Å²) in [6.45, 7) is 4.04. The number of halogens is 3. The second kappa shape index (κ2) is 7.42. The number of ether oxygens (including phenoxy) is 1. The average molecular weight is 393 g/mol. The third-order valence-corrected chi connectivity index (χ3v) is 5.22. The van der Waals surface area contributed by atoms with Crippen molar-refractivity contribution in [1.82, 2.24) is 0 Å². The lowest BCUT2D eigenvalue weighted by molar-refractivity contribution is -0.147. The molecule has 1 fully saturated rings. The molecule has 1 saturated carbocycles. The lowest BCUT2D eigenvalue weighted by atomic mass is 10.0. The van der Waals surface area contributed by atoms with Gasteiger partial charge in [-0.15, -0.1) is 0 Å². The van der Waals surface area contributed by atoms with Gasteiger partial charge in [0, 0.05) is 5.56 Å². The molecule has 0 bridgehead atoms. The number of carbonyl (C=O) groups excluding carboxylic acids is 1. The van der Waals surface area contributed by atoms with Gasteiger partial charge in [-0.05, 0) is 40.7 Å². The normalized spacial score (nSPS) is 20.3. The van der Waals surface area contributed by atoms with Crippen LogP contribution >= 0.6 is 23.2 Å². The van der Waals surface area contributed by atoms with E-state index in [2.05, 4.69) is 0 Å². The van der Waals surface area contributed by atoms with Crippen LogP contribution in [0.4, 0.5) is 4.39 Å². The zero-order valence-electron chi connectivity index (χ0n) is 14.5. The molecule has 1 aliphatic carbocycles. The fourth-order valence-electron chi connectivity index (χ4n) is 3.32.